The lowest BCUT2D eigenvalue weighted by atomic mass is 10.1. The van der Waals surface area contributed by atoms with Crippen LogP contribution in [0.4, 0.5) is 4.39 Å². The summed E-state index contributed by atoms with van der Waals surface area (Å²) in [4.78, 5) is 17.1. The van der Waals surface area contributed by atoms with Crippen molar-refractivity contribution < 1.29 is 13.6 Å². The average molecular weight is 467 g/mol. The number of amides is 1. The van der Waals surface area contributed by atoms with Gasteiger partial charge in [0.2, 0.25) is 17.7 Å². The standard InChI is InChI=1S/C21H15FN6O2S2/c22-19-12(14-4-1-11(9-23)31-14)2-3-13-20(19)32-18(25-13)8-17-28-27-16(30-17)7-15(29)26-21(10-24)5-6-21/h1-3,14H,4-8H2,(H,26,29). The molecule has 1 saturated carbocycles. The molecule has 1 aromatic carbocycles. The first-order chi connectivity index (χ1) is 15.5. The van der Waals surface area contributed by atoms with Gasteiger partial charge in [0.05, 0.1) is 27.6 Å². The van der Waals surface area contributed by atoms with Gasteiger partial charge < -0.3 is 9.73 Å². The van der Waals surface area contributed by atoms with Gasteiger partial charge in [-0.15, -0.1) is 33.3 Å². The molecule has 5 rings (SSSR count). The largest absolute Gasteiger partial charge is 0.424 e. The van der Waals surface area contributed by atoms with Crippen LogP contribution < -0.4 is 5.32 Å². The fourth-order valence-corrected chi connectivity index (χ4v) is 5.52. The highest BCUT2D eigenvalue weighted by molar-refractivity contribution is 8.03. The lowest BCUT2D eigenvalue weighted by Crippen LogP contribution is -2.36. The van der Waals surface area contributed by atoms with Gasteiger partial charge in [0.15, 0.2) is 0 Å². The van der Waals surface area contributed by atoms with Crippen molar-refractivity contribution in [1.29, 1.82) is 10.5 Å². The van der Waals surface area contributed by atoms with Crippen LogP contribution in [0.15, 0.2) is 27.5 Å². The van der Waals surface area contributed by atoms with E-state index >= 15 is 4.39 Å². The molecule has 0 spiro atoms. The van der Waals surface area contributed by atoms with Crippen molar-refractivity contribution in [3.63, 3.8) is 0 Å². The van der Waals surface area contributed by atoms with Crippen LogP contribution in [-0.2, 0) is 17.6 Å². The van der Waals surface area contributed by atoms with Crippen LogP contribution in [0, 0.1) is 28.5 Å². The Morgan fingerprint density at radius 1 is 1.31 bits per heavy atom. The van der Waals surface area contributed by atoms with Gasteiger partial charge in [-0.25, -0.2) is 9.37 Å². The summed E-state index contributed by atoms with van der Waals surface area (Å²) < 4.78 is 21.2. The number of rotatable bonds is 6. The van der Waals surface area contributed by atoms with Gasteiger partial charge in [0, 0.05) is 10.8 Å². The molecule has 1 aliphatic carbocycles. The molecule has 1 aliphatic heterocycles. The minimum Gasteiger partial charge on any atom is -0.424 e. The van der Waals surface area contributed by atoms with Gasteiger partial charge in [-0.2, -0.15) is 10.5 Å². The van der Waals surface area contributed by atoms with Crippen molar-refractivity contribution in [2.45, 2.75) is 42.9 Å². The van der Waals surface area contributed by atoms with Crippen LogP contribution in [0.25, 0.3) is 10.2 Å². The van der Waals surface area contributed by atoms with Crippen LogP contribution in [-0.4, -0.2) is 26.6 Å². The van der Waals surface area contributed by atoms with Crippen LogP contribution in [0.5, 0.6) is 0 Å². The summed E-state index contributed by atoms with van der Waals surface area (Å²) >= 11 is 2.59. The Labute approximate surface area is 190 Å². The summed E-state index contributed by atoms with van der Waals surface area (Å²) in [6.45, 7) is 0. The van der Waals surface area contributed by atoms with Gasteiger partial charge in [-0.3, -0.25) is 4.79 Å². The molecule has 2 aliphatic rings. The SMILES string of the molecule is N#CC1=CCC(c2ccc3nc(Cc4nnc(CC(=O)NC5(C#N)CC5)o4)sc3c2F)S1. The van der Waals surface area contributed by atoms with Gasteiger partial charge >= 0.3 is 0 Å². The van der Waals surface area contributed by atoms with E-state index in [9.17, 15) is 4.79 Å². The molecule has 0 saturated heterocycles. The minimum absolute atomic E-state index is 0.105. The molecule has 1 unspecified atom stereocenters. The Bertz CT molecular complexity index is 1340. The van der Waals surface area contributed by atoms with Crippen LogP contribution >= 0.6 is 23.1 Å². The molecule has 3 heterocycles. The Balaban J connectivity index is 1.28. The fraction of sp³-hybridized carbons (Fsp3) is 0.333. The summed E-state index contributed by atoms with van der Waals surface area (Å²) in [5.74, 6) is -0.221. The third kappa shape index (κ3) is 3.97. The molecular formula is C21H15FN6O2S2. The number of halogens is 1. The van der Waals surface area contributed by atoms with Gasteiger partial charge in [-0.05, 0) is 25.3 Å². The quantitative estimate of drug-likeness (QED) is 0.582. The van der Waals surface area contributed by atoms with E-state index in [1.807, 2.05) is 6.08 Å². The van der Waals surface area contributed by atoms with Crippen molar-refractivity contribution in [2.75, 3.05) is 0 Å². The van der Waals surface area contributed by atoms with E-state index < -0.39 is 5.54 Å². The number of hydrogen-bond donors (Lipinski definition) is 1. The maximum atomic E-state index is 15.2. The number of aromatic nitrogens is 3. The molecule has 11 heteroatoms. The number of hydrogen-bond acceptors (Lipinski definition) is 9. The number of thiazole rings is 1. The lowest BCUT2D eigenvalue weighted by molar-refractivity contribution is -0.121. The Hall–Kier alpha value is -3.28. The Kier molecular flexibility index (Phi) is 5.16. The molecule has 160 valence electrons. The van der Waals surface area contributed by atoms with E-state index in [-0.39, 0.29) is 41.6 Å². The zero-order valence-corrected chi connectivity index (χ0v) is 18.2. The smallest absolute Gasteiger partial charge is 0.230 e. The molecule has 1 fully saturated rings. The molecule has 1 N–H and O–H groups in total. The zero-order chi connectivity index (χ0) is 22.3. The van der Waals surface area contributed by atoms with Crippen molar-refractivity contribution in [3.8, 4) is 12.1 Å². The number of thioether (sulfide) groups is 1. The number of allylic oxidation sites excluding steroid dienone is 2. The number of nitrogens with one attached hydrogen (secondary N) is 1. The first kappa shape index (κ1) is 20.6. The third-order valence-electron chi connectivity index (χ3n) is 5.28. The number of fused-ring (bicyclic) bond motifs is 1. The second-order valence-electron chi connectivity index (χ2n) is 7.63. The van der Waals surface area contributed by atoms with Crippen LogP contribution in [0.1, 0.15) is 46.9 Å². The summed E-state index contributed by atoms with van der Waals surface area (Å²) in [5.41, 5.74) is 0.372. The number of carbonyl (C=O) groups excluding carboxylic acids is 1. The van der Waals surface area contributed by atoms with Crippen LogP contribution in [0.2, 0.25) is 0 Å². The first-order valence-corrected chi connectivity index (χ1v) is 11.6. The highest BCUT2D eigenvalue weighted by Gasteiger charge is 2.44. The fourth-order valence-electron chi connectivity index (χ4n) is 3.47. The predicted molar refractivity (Wildman–Crippen MR) is 115 cm³/mol. The van der Waals surface area contributed by atoms with Crippen molar-refractivity contribution in [2.24, 2.45) is 0 Å². The number of benzene rings is 1. The Morgan fingerprint density at radius 2 is 2.12 bits per heavy atom. The van der Waals surface area contributed by atoms with Crippen molar-refractivity contribution in [1.82, 2.24) is 20.5 Å². The average Bonchev–Trinajstić information content (AvgIpc) is 3.15. The summed E-state index contributed by atoms with van der Waals surface area (Å²) in [6, 6.07) is 7.72. The molecule has 32 heavy (non-hydrogen) atoms. The van der Waals surface area contributed by atoms with Gasteiger partial charge in [0.25, 0.3) is 0 Å². The van der Waals surface area contributed by atoms with E-state index in [4.69, 9.17) is 14.9 Å². The van der Waals surface area contributed by atoms with Gasteiger partial charge in [-0.1, -0.05) is 12.1 Å². The first-order valence-electron chi connectivity index (χ1n) is 9.87. The van der Waals surface area contributed by atoms with Gasteiger partial charge in [0.1, 0.15) is 28.9 Å². The summed E-state index contributed by atoms with van der Waals surface area (Å²) in [5, 5.41) is 29.1. The third-order valence-corrected chi connectivity index (χ3v) is 7.59. The number of nitrogens with zero attached hydrogens (tertiary/aromatic N) is 5. The van der Waals surface area contributed by atoms with E-state index in [1.165, 1.54) is 23.1 Å². The molecule has 3 aromatic rings. The maximum Gasteiger partial charge on any atom is 0.230 e. The molecule has 1 atom stereocenters. The number of nitriles is 2. The predicted octanol–water partition coefficient (Wildman–Crippen LogP) is 3.71. The molecule has 2 aromatic heterocycles. The Morgan fingerprint density at radius 3 is 2.84 bits per heavy atom. The molecule has 1 amide bonds. The summed E-state index contributed by atoms with van der Waals surface area (Å²) in [6.07, 6.45) is 3.87. The second kappa shape index (κ2) is 8.01. The van der Waals surface area contributed by atoms with Crippen LogP contribution in [0.3, 0.4) is 0 Å². The second-order valence-corrected chi connectivity index (χ2v) is 9.96. The summed E-state index contributed by atoms with van der Waals surface area (Å²) in [7, 11) is 0. The van der Waals surface area contributed by atoms with E-state index in [2.05, 4.69) is 32.6 Å². The van der Waals surface area contributed by atoms with Crippen molar-refractivity contribution >= 4 is 39.2 Å². The number of carbonyl (C=O) groups is 1. The zero-order valence-electron chi connectivity index (χ0n) is 16.6. The highest BCUT2D eigenvalue weighted by atomic mass is 32.2. The molecule has 0 radical (unpaired) electrons. The van der Waals surface area contributed by atoms with E-state index in [0.717, 1.165) is 0 Å². The molecular weight excluding hydrogens is 451 g/mol. The lowest BCUT2D eigenvalue weighted by Gasteiger charge is -2.10. The minimum atomic E-state index is -0.743. The van der Waals surface area contributed by atoms with E-state index in [1.54, 1.807) is 12.1 Å². The van der Waals surface area contributed by atoms with Crippen molar-refractivity contribution in [3.05, 3.63) is 51.3 Å². The monoisotopic (exact) mass is 466 g/mol. The van der Waals surface area contributed by atoms with E-state index in [0.29, 0.717) is 45.0 Å². The maximum absolute atomic E-state index is 15.2. The molecule has 8 nitrogen and oxygen atoms in total. The highest BCUT2D eigenvalue weighted by Crippen LogP contribution is 2.45. The normalized spacial score (nSPS) is 18.7. The topological polar surface area (TPSA) is 128 Å². The molecule has 0 bridgehead atoms.